The molecule has 1 aliphatic rings. The van der Waals surface area contributed by atoms with E-state index in [2.05, 4.69) is 10.2 Å². The molecule has 17 heavy (non-hydrogen) atoms. The highest BCUT2D eigenvalue weighted by Crippen LogP contribution is 2.32. The Kier molecular flexibility index (Phi) is 2.26. The van der Waals surface area contributed by atoms with Crippen molar-refractivity contribution >= 4 is 6.08 Å². The summed E-state index contributed by atoms with van der Waals surface area (Å²) in [5.74, 6) is 0.204. The number of aromatic hydroxyl groups is 1. The summed E-state index contributed by atoms with van der Waals surface area (Å²) in [6.07, 6.45) is 5.16. The largest absolute Gasteiger partial charge is 0.507 e. The van der Waals surface area contributed by atoms with E-state index in [1.54, 1.807) is 24.6 Å². The number of phenolic OH excluding ortho intramolecular Hbond substituents is 1. The van der Waals surface area contributed by atoms with E-state index in [9.17, 15) is 5.11 Å². The van der Waals surface area contributed by atoms with Gasteiger partial charge in [0, 0.05) is 16.7 Å². The van der Waals surface area contributed by atoms with E-state index in [1.165, 1.54) is 0 Å². The monoisotopic (exact) mass is 226 g/mol. The van der Waals surface area contributed by atoms with Gasteiger partial charge in [-0.25, -0.2) is 0 Å². The summed E-state index contributed by atoms with van der Waals surface area (Å²) in [5.41, 5.74) is 3.29. The van der Waals surface area contributed by atoms with Crippen LogP contribution in [0.3, 0.4) is 0 Å². The van der Waals surface area contributed by atoms with Crippen molar-refractivity contribution in [1.29, 1.82) is 0 Å². The van der Waals surface area contributed by atoms with E-state index >= 15 is 0 Å². The summed E-state index contributed by atoms with van der Waals surface area (Å²) < 4.78 is 5.21. The zero-order chi connectivity index (χ0) is 11.7. The van der Waals surface area contributed by atoms with Crippen LogP contribution in [0, 0.1) is 0 Å². The Morgan fingerprint density at radius 3 is 3.00 bits per heavy atom. The van der Waals surface area contributed by atoms with Gasteiger partial charge < -0.3 is 9.84 Å². The molecule has 1 aromatic heterocycles. The number of para-hydroxylation sites is 1. The van der Waals surface area contributed by atoms with Gasteiger partial charge >= 0.3 is 0 Å². The third-order valence-electron chi connectivity index (χ3n) is 2.70. The molecule has 2 aromatic rings. The standard InChI is InChI=1S/C13H10N2O2/c16-12-4-2-1-3-11(12)13-10-5-6-17-8-9(10)7-14-15-13/h1-7,16H,8H2. The molecule has 2 heterocycles. The van der Waals surface area contributed by atoms with Gasteiger partial charge in [0.05, 0.1) is 12.5 Å². The molecule has 0 saturated heterocycles. The first-order chi connectivity index (χ1) is 8.36. The third-order valence-corrected chi connectivity index (χ3v) is 2.70. The van der Waals surface area contributed by atoms with Crippen LogP contribution in [0.4, 0.5) is 0 Å². The Balaban J connectivity index is 2.23. The second-order valence-electron chi connectivity index (χ2n) is 3.76. The molecule has 0 radical (unpaired) electrons. The molecule has 4 nitrogen and oxygen atoms in total. The minimum atomic E-state index is 0.204. The molecule has 4 heteroatoms. The Hall–Kier alpha value is -2.36. The number of rotatable bonds is 1. The average molecular weight is 226 g/mol. The summed E-state index contributed by atoms with van der Waals surface area (Å²) in [6.45, 7) is 0.488. The number of aromatic nitrogens is 2. The maximum Gasteiger partial charge on any atom is 0.125 e. The van der Waals surface area contributed by atoms with Crippen LogP contribution in [0.25, 0.3) is 17.3 Å². The number of ether oxygens (including phenoxy) is 1. The lowest BCUT2D eigenvalue weighted by Gasteiger charge is -2.14. The molecule has 0 saturated carbocycles. The fourth-order valence-electron chi connectivity index (χ4n) is 1.86. The number of benzene rings is 1. The number of phenols is 1. The van der Waals surface area contributed by atoms with Gasteiger partial charge in [0.2, 0.25) is 0 Å². The summed E-state index contributed by atoms with van der Waals surface area (Å²) in [6, 6.07) is 7.10. The summed E-state index contributed by atoms with van der Waals surface area (Å²) in [7, 11) is 0. The van der Waals surface area contributed by atoms with Crippen molar-refractivity contribution in [3.05, 3.63) is 47.9 Å². The van der Waals surface area contributed by atoms with Crippen LogP contribution in [-0.4, -0.2) is 15.3 Å². The Morgan fingerprint density at radius 1 is 1.24 bits per heavy atom. The Bertz CT molecular complexity index is 594. The molecular formula is C13H10N2O2. The topological polar surface area (TPSA) is 55.2 Å². The van der Waals surface area contributed by atoms with E-state index in [0.29, 0.717) is 17.9 Å². The first-order valence-electron chi connectivity index (χ1n) is 5.27. The number of nitrogens with zero attached hydrogens (tertiary/aromatic N) is 2. The van der Waals surface area contributed by atoms with Crippen LogP contribution in [0.1, 0.15) is 11.1 Å². The molecule has 3 rings (SSSR count). The van der Waals surface area contributed by atoms with E-state index in [-0.39, 0.29) is 5.75 Å². The smallest absolute Gasteiger partial charge is 0.125 e. The van der Waals surface area contributed by atoms with Gasteiger partial charge in [-0.15, -0.1) is 5.10 Å². The van der Waals surface area contributed by atoms with Crippen LogP contribution >= 0.6 is 0 Å². The predicted octanol–water partition coefficient (Wildman–Crippen LogP) is 2.35. The zero-order valence-electron chi connectivity index (χ0n) is 9.00. The van der Waals surface area contributed by atoms with Crippen LogP contribution in [0.15, 0.2) is 36.7 Å². The lowest BCUT2D eigenvalue weighted by molar-refractivity contribution is 0.234. The number of fused-ring (bicyclic) bond motifs is 1. The van der Waals surface area contributed by atoms with Gasteiger partial charge in [0.25, 0.3) is 0 Å². The van der Waals surface area contributed by atoms with Crippen molar-refractivity contribution in [3.63, 3.8) is 0 Å². The summed E-state index contributed by atoms with van der Waals surface area (Å²) in [5, 5.41) is 17.9. The normalized spacial score (nSPS) is 12.9. The van der Waals surface area contributed by atoms with Crippen molar-refractivity contribution < 1.29 is 9.84 Å². The van der Waals surface area contributed by atoms with Gasteiger partial charge in [-0.3, -0.25) is 0 Å². The summed E-state index contributed by atoms with van der Waals surface area (Å²) >= 11 is 0. The second kappa shape index (κ2) is 3.90. The summed E-state index contributed by atoms with van der Waals surface area (Å²) in [4.78, 5) is 0. The lowest BCUT2D eigenvalue weighted by Crippen LogP contribution is -2.02. The maximum absolute atomic E-state index is 9.84. The Labute approximate surface area is 98.2 Å². The lowest BCUT2D eigenvalue weighted by atomic mass is 10.0. The number of hydrogen-bond donors (Lipinski definition) is 1. The molecule has 0 fully saturated rings. The van der Waals surface area contributed by atoms with Crippen molar-refractivity contribution in [2.24, 2.45) is 0 Å². The van der Waals surface area contributed by atoms with Crippen molar-refractivity contribution in [3.8, 4) is 17.0 Å². The van der Waals surface area contributed by atoms with Crippen LogP contribution < -0.4 is 0 Å². The molecule has 84 valence electrons. The number of hydrogen-bond acceptors (Lipinski definition) is 4. The third kappa shape index (κ3) is 1.63. The minimum absolute atomic E-state index is 0.204. The van der Waals surface area contributed by atoms with Gasteiger partial charge in [0.15, 0.2) is 0 Å². The first-order valence-corrected chi connectivity index (χ1v) is 5.27. The van der Waals surface area contributed by atoms with Crippen molar-refractivity contribution in [2.75, 3.05) is 0 Å². The van der Waals surface area contributed by atoms with E-state index in [1.807, 2.05) is 18.2 Å². The average Bonchev–Trinajstić information content (AvgIpc) is 2.39. The van der Waals surface area contributed by atoms with Gasteiger partial charge in [-0.1, -0.05) is 12.1 Å². The Morgan fingerprint density at radius 2 is 2.12 bits per heavy atom. The van der Waals surface area contributed by atoms with Crippen molar-refractivity contribution in [1.82, 2.24) is 10.2 Å². The van der Waals surface area contributed by atoms with Crippen LogP contribution in [-0.2, 0) is 11.3 Å². The fourth-order valence-corrected chi connectivity index (χ4v) is 1.86. The van der Waals surface area contributed by atoms with Crippen LogP contribution in [0.5, 0.6) is 5.75 Å². The molecule has 0 spiro atoms. The highest BCUT2D eigenvalue weighted by Gasteiger charge is 2.15. The fraction of sp³-hybridized carbons (Fsp3) is 0.0769. The molecule has 1 N–H and O–H groups in total. The highest BCUT2D eigenvalue weighted by molar-refractivity contribution is 5.77. The molecule has 0 atom stereocenters. The molecule has 0 unspecified atom stereocenters. The zero-order valence-corrected chi connectivity index (χ0v) is 9.00. The van der Waals surface area contributed by atoms with Gasteiger partial charge in [0.1, 0.15) is 18.1 Å². The molecule has 1 aromatic carbocycles. The predicted molar refractivity (Wildman–Crippen MR) is 63.0 cm³/mol. The van der Waals surface area contributed by atoms with Crippen LogP contribution in [0.2, 0.25) is 0 Å². The molecule has 1 aliphatic heterocycles. The van der Waals surface area contributed by atoms with Crippen molar-refractivity contribution in [2.45, 2.75) is 6.61 Å². The molecule has 0 aliphatic carbocycles. The molecular weight excluding hydrogens is 216 g/mol. The SMILES string of the molecule is Oc1ccccc1-c1nncc2c1C=COC2. The quantitative estimate of drug-likeness (QED) is 0.810. The highest BCUT2D eigenvalue weighted by atomic mass is 16.5. The van der Waals surface area contributed by atoms with Gasteiger partial charge in [-0.2, -0.15) is 5.10 Å². The van der Waals surface area contributed by atoms with E-state index < -0.39 is 0 Å². The maximum atomic E-state index is 9.84. The van der Waals surface area contributed by atoms with Gasteiger partial charge in [-0.05, 0) is 18.2 Å². The van der Waals surface area contributed by atoms with E-state index in [4.69, 9.17) is 4.74 Å². The van der Waals surface area contributed by atoms with E-state index in [0.717, 1.165) is 11.1 Å². The molecule has 0 bridgehead atoms. The second-order valence-corrected chi connectivity index (χ2v) is 3.76. The molecule has 0 amide bonds. The first kappa shape index (κ1) is 9.84. The minimum Gasteiger partial charge on any atom is -0.507 e.